The Morgan fingerprint density at radius 1 is 1.05 bits per heavy atom. The Labute approximate surface area is 121 Å². The van der Waals surface area contributed by atoms with E-state index in [2.05, 4.69) is 10.2 Å². The Balaban J connectivity index is 1.62. The van der Waals surface area contributed by atoms with Gasteiger partial charge in [-0.3, -0.25) is 4.79 Å². The van der Waals surface area contributed by atoms with Crippen LogP contribution in [0.2, 0.25) is 0 Å². The fraction of sp³-hybridized carbons (Fsp3) is 0.0625. The van der Waals surface area contributed by atoms with Crippen LogP contribution in [0.5, 0.6) is 5.75 Å². The van der Waals surface area contributed by atoms with Gasteiger partial charge < -0.3 is 9.15 Å². The van der Waals surface area contributed by atoms with E-state index in [0.717, 1.165) is 5.56 Å². The van der Waals surface area contributed by atoms with Crippen molar-refractivity contribution >= 4 is 5.78 Å². The van der Waals surface area contributed by atoms with Crippen LogP contribution in [0.1, 0.15) is 10.4 Å². The average Bonchev–Trinajstić information content (AvgIpc) is 3.08. The fourth-order valence-corrected chi connectivity index (χ4v) is 1.85. The predicted octanol–water partition coefficient (Wildman–Crippen LogP) is 3.00. The number of hydrogen-bond donors (Lipinski definition) is 0. The van der Waals surface area contributed by atoms with Gasteiger partial charge in [-0.05, 0) is 24.3 Å². The van der Waals surface area contributed by atoms with E-state index < -0.39 is 0 Å². The number of carbonyl (C=O) groups excluding carboxylic acids is 1. The molecule has 21 heavy (non-hydrogen) atoms. The van der Waals surface area contributed by atoms with Gasteiger partial charge in [0.15, 0.2) is 12.4 Å². The second kappa shape index (κ2) is 6.00. The van der Waals surface area contributed by atoms with Crippen LogP contribution >= 0.6 is 0 Å². The summed E-state index contributed by atoms with van der Waals surface area (Å²) in [6.45, 7) is 0.00389. The highest BCUT2D eigenvalue weighted by molar-refractivity contribution is 5.97. The Morgan fingerprint density at radius 2 is 1.81 bits per heavy atom. The molecule has 0 atom stereocenters. The molecule has 1 heterocycles. The van der Waals surface area contributed by atoms with Crippen molar-refractivity contribution in [1.82, 2.24) is 10.2 Å². The maximum Gasteiger partial charge on any atom is 0.247 e. The summed E-state index contributed by atoms with van der Waals surface area (Å²) >= 11 is 0. The van der Waals surface area contributed by atoms with Crippen molar-refractivity contribution in [2.24, 2.45) is 0 Å². The van der Waals surface area contributed by atoms with Gasteiger partial charge in [0.2, 0.25) is 12.3 Å². The van der Waals surface area contributed by atoms with Gasteiger partial charge in [-0.15, -0.1) is 10.2 Å². The zero-order valence-corrected chi connectivity index (χ0v) is 11.1. The minimum Gasteiger partial charge on any atom is -0.485 e. The number of carbonyl (C=O) groups is 1. The first-order valence-electron chi connectivity index (χ1n) is 6.40. The largest absolute Gasteiger partial charge is 0.485 e. The van der Waals surface area contributed by atoms with Crippen molar-refractivity contribution in [2.75, 3.05) is 6.61 Å². The molecule has 0 aliphatic carbocycles. The van der Waals surface area contributed by atoms with Gasteiger partial charge in [-0.2, -0.15) is 0 Å². The molecular formula is C16H12N2O3. The molecule has 2 aromatic carbocycles. The summed E-state index contributed by atoms with van der Waals surface area (Å²) in [5, 5.41) is 7.44. The molecule has 0 fully saturated rings. The van der Waals surface area contributed by atoms with E-state index in [1.807, 2.05) is 18.2 Å². The number of Topliss-reactive ketones (excluding diaryl/α,β-unsaturated/α-hetero) is 1. The summed E-state index contributed by atoms with van der Waals surface area (Å²) in [7, 11) is 0. The van der Waals surface area contributed by atoms with Crippen LogP contribution in [-0.4, -0.2) is 22.6 Å². The molecule has 0 amide bonds. The number of rotatable bonds is 5. The van der Waals surface area contributed by atoms with Gasteiger partial charge in [-0.1, -0.05) is 30.3 Å². The van der Waals surface area contributed by atoms with Crippen LogP contribution in [0.15, 0.2) is 65.4 Å². The normalized spacial score (nSPS) is 10.3. The maximum atomic E-state index is 11.9. The summed E-state index contributed by atoms with van der Waals surface area (Å²) < 4.78 is 10.6. The number of benzene rings is 2. The molecule has 0 spiro atoms. The third-order valence-electron chi connectivity index (χ3n) is 2.93. The molecule has 0 N–H and O–H groups in total. The number of ketones is 1. The first-order valence-corrected chi connectivity index (χ1v) is 6.40. The Kier molecular flexibility index (Phi) is 3.73. The molecular weight excluding hydrogens is 268 g/mol. The van der Waals surface area contributed by atoms with Crippen molar-refractivity contribution in [3.05, 3.63) is 66.6 Å². The van der Waals surface area contributed by atoms with Crippen LogP contribution in [0.3, 0.4) is 0 Å². The number of nitrogens with zero attached hydrogens (tertiary/aromatic N) is 2. The SMILES string of the molecule is O=C(COc1ccc(-c2nnco2)cc1)c1ccccc1. The van der Waals surface area contributed by atoms with E-state index >= 15 is 0 Å². The summed E-state index contributed by atoms with van der Waals surface area (Å²) in [4.78, 5) is 11.9. The molecule has 3 rings (SSSR count). The minimum atomic E-state index is -0.0587. The van der Waals surface area contributed by atoms with Crippen LogP contribution in [-0.2, 0) is 0 Å². The second-order valence-electron chi connectivity index (χ2n) is 4.35. The monoisotopic (exact) mass is 280 g/mol. The van der Waals surface area contributed by atoms with Crippen molar-refractivity contribution in [1.29, 1.82) is 0 Å². The average molecular weight is 280 g/mol. The molecule has 0 aliphatic heterocycles. The first kappa shape index (κ1) is 13.1. The molecule has 0 radical (unpaired) electrons. The highest BCUT2D eigenvalue weighted by atomic mass is 16.5. The van der Waals surface area contributed by atoms with Gasteiger partial charge in [0.05, 0.1) is 0 Å². The zero-order chi connectivity index (χ0) is 14.5. The lowest BCUT2D eigenvalue weighted by molar-refractivity contribution is 0.0921. The molecule has 0 unspecified atom stereocenters. The topological polar surface area (TPSA) is 65.2 Å². The zero-order valence-electron chi connectivity index (χ0n) is 11.1. The molecule has 5 nitrogen and oxygen atoms in total. The first-order chi connectivity index (χ1) is 10.3. The van der Waals surface area contributed by atoms with E-state index in [9.17, 15) is 4.79 Å². The van der Waals surface area contributed by atoms with Crippen molar-refractivity contribution < 1.29 is 13.9 Å². The van der Waals surface area contributed by atoms with Gasteiger partial charge in [0.25, 0.3) is 0 Å². The van der Waals surface area contributed by atoms with Crippen molar-refractivity contribution in [3.8, 4) is 17.2 Å². The van der Waals surface area contributed by atoms with E-state index in [1.54, 1.807) is 36.4 Å². The molecule has 5 heteroatoms. The van der Waals surface area contributed by atoms with Gasteiger partial charge in [0, 0.05) is 11.1 Å². The van der Waals surface area contributed by atoms with Crippen LogP contribution in [0.4, 0.5) is 0 Å². The summed E-state index contributed by atoms with van der Waals surface area (Å²) in [5.74, 6) is 1.00. The Bertz CT molecular complexity index is 707. The van der Waals surface area contributed by atoms with Gasteiger partial charge >= 0.3 is 0 Å². The van der Waals surface area contributed by atoms with E-state index in [4.69, 9.17) is 9.15 Å². The third-order valence-corrected chi connectivity index (χ3v) is 2.93. The fourth-order valence-electron chi connectivity index (χ4n) is 1.85. The molecule has 104 valence electrons. The summed E-state index contributed by atoms with van der Waals surface area (Å²) in [5.41, 5.74) is 1.44. The standard InChI is InChI=1S/C16H12N2O3/c19-15(12-4-2-1-3-5-12)10-20-14-8-6-13(7-9-14)16-18-17-11-21-16/h1-9,11H,10H2. The highest BCUT2D eigenvalue weighted by Crippen LogP contribution is 2.20. The Hall–Kier alpha value is -2.95. The summed E-state index contributed by atoms with van der Waals surface area (Å²) in [6, 6.07) is 16.2. The van der Waals surface area contributed by atoms with Gasteiger partial charge in [0.1, 0.15) is 5.75 Å². The lowest BCUT2D eigenvalue weighted by atomic mass is 10.1. The van der Waals surface area contributed by atoms with Crippen LogP contribution in [0, 0.1) is 0 Å². The lowest BCUT2D eigenvalue weighted by Crippen LogP contribution is -2.11. The highest BCUT2D eigenvalue weighted by Gasteiger charge is 2.07. The quantitative estimate of drug-likeness (QED) is 0.672. The van der Waals surface area contributed by atoms with Crippen LogP contribution < -0.4 is 4.74 Å². The predicted molar refractivity (Wildman–Crippen MR) is 76.0 cm³/mol. The lowest BCUT2D eigenvalue weighted by Gasteiger charge is -2.05. The van der Waals surface area contributed by atoms with E-state index in [1.165, 1.54) is 6.39 Å². The maximum absolute atomic E-state index is 11.9. The number of aromatic nitrogens is 2. The Morgan fingerprint density at radius 3 is 2.48 bits per heavy atom. The number of hydrogen-bond acceptors (Lipinski definition) is 5. The molecule has 0 aliphatic rings. The molecule has 0 bridgehead atoms. The van der Waals surface area contributed by atoms with Crippen molar-refractivity contribution in [3.63, 3.8) is 0 Å². The minimum absolute atomic E-state index is 0.00389. The van der Waals surface area contributed by atoms with E-state index in [-0.39, 0.29) is 12.4 Å². The smallest absolute Gasteiger partial charge is 0.247 e. The van der Waals surface area contributed by atoms with Crippen molar-refractivity contribution in [2.45, 2.75) is 0 Å². The molecule has 0 saturated carbocycles. The molecule has 3 aromatic rings. The van der Waals surface area contributed by atoms with Crippen LogP contribution in [0.25, 0.3) is 11.5 Å². The molecule has 1 aromatic heterocycles. The summed E-state index contributed by atoms with van der Waals surface area (Å²) in [6.07, 6.45) is 1.28. The second-order valence-corrected chi connectivity index (χ2v) is 4.35. The van der Waals surface area contributed by atoms with E-state index in [0.29, 0.717) is 17.2 Å². The third kappa shape index (κ3) is 3.14. The van der Waals surface area contributed by atoms with Gasteiger partial charge in [-0.25, -0.2) is 0 Å². The molecule has 0 saturated heterocycles. The number of ether oxygens (including phenoxy) is 1.